The van der Waals surface area contributed by atoms with Crippen LogP contribution in [-0.2, 0) is 6.42 Å². The second kappa shape index (κ2) is 5.47. The third-order valence-corrected chi connectivity index (χ3v) is 3.74. The van der Waals surface area contributed by atoms with Crippen LogP contribution in [0.2, 0.25) is 5.02 Å². The van der Waals surface area contributed by atoms with Gasteiger partial charge in [-0.25, -0.2) is 4.98 Å². The molecule has 0 saturated heterocycles. The number of hydrogen-bond donors (Lipinski definition) is 1. The van der Waals surface area contributed by atoms with Crippen LogP contribution in [0.3, 0.4) is 0 Å². The van der Waals surface area contributed by atoms with Crippen LogP contribution in [0, 0.1) is 6.92 Å². The normalized spacial score (nSPS) is 11.0. The Balaban J connectivity index is 2.24. The van der Waals surface area contributed by atoms with Gasteiger partial charge in [-0.1, -0.05) is 36.0 Å². The molecule has 0 radical (unpaired) electrons. The minimum atomic E-state index is 0.451. The van der Waals surface area contributed by atoms with E-state index in [4.69, 9.17) is 34.5 Å². The molecule has 2 aromatic heterocycles. The van der Waals surface area contributed by atoms with E-state index < -0.39 is 0 Å². The lowest BCUT2D eigenvalue weighted by Gasteiger charge is -2.05. The number of fused-ring (bicyclic) bond motifs is 1. The molecule has 21 heavy (non-hydrogen) atoms. The lowest BCUT2D eigenvalue weighted by atomic mass is 10.1. The smallest absolute Gasteiger partial charge is 0.137 e. The molecule has 3 rings (SSSR count). The minimum absolute atomic E-state index is 0.451. The van der Waals surface area contributed by atoms with Crippen molar-refractivity contribution in [2.75, 3.05) is 0 Å². The molecule has 0 atom stereocenters. The van der Waals surface area contributed by atoms with Gasteiger partial charge >= 0.3 is 0 Å². The Morgan fingerprint density at radius 1 is 1.29 bits per heavy atom. The van der Waals surface area contributed by atoms with E-state index in [1.165, 1.54) is 0 Å². The molecular weight excluding hydrogens is 302 g/mol. The number of nitrogens with two attached hydrogens (primary N) is 1. The number of pyridine rings is 1. The highest BCUT2D eigenvalue weighted by atomic mass is 35.5. The molecule has 0 amide bonds. The summed E-state index contributed by atoms with van der Waals surface area (Å²) in [7, 11) is 0. The summed E-state index contributed by atoms with van der Waals surface area (Å²) < 4.78 is 2.04. The van der Waals surface area contributed by atoms with Crippen LogP contribution in [-0.4, -0.2) is 14.4 Å². The SMILES string of the molecule is Cc1ccn2c(CC(N)=S)c(-c3ccc(Cl)cc3)nc2c1. The Labute approximate surface area is 133 Å². The molecule has 0 spiro atoms. The second-order valence-electron chi connectivity index (χ2n) is 4.99. The first kappa shape index (κ1) is 14.0. The van der Waals surface area contributed by atoms with Gasteiger partial charge in [-0.15, -0.1) is 0 Å². The highest BCUT2D eigenvalue weighted by Crippen LogP contribution is 2.26. The first-order valence-electron chi connectivity index (χ1n) is 6.56. The first-order chi connectivity index (χ1) is 10.0. The summed E-state index contributed by atoms with van der Waals surface area (Å²) in [6.07, 6.45) is 2.52. The van der Waals surface area contributed by atoms with Crippen LogP contribution in [0.25, 0.3) is 16.9 Å². The topological polar surface area (TPSA) is 43.3 Å². The molecule has 0 bridgehead atoms. The fourth-order valence-electron chi connectivity index (χ4n) is 2.37. The van der Waals surface area contributed by atoms with Crippen molar-refractivity contribution in [1.29, 1.82) is 0 Å². The van der Waals surface area contributed by atoms with Crippen LogP contribution >= 0.6 is 23.8 Å². The Bertz CT molecular complexity index is 821. The Hall–Kier alpha value is -1.91. The van der Waals surface area contributed by atoms with Gasteiger partial charge in [0.1, 0.15) is 5.65 Å². The second-order valence-corrected chi connectivity index (χ2v) is 5.95. The summed E-state index contributed by atoms with van der Waals surface area (Å²) >= 11 is 11.0. The van der Waals surface area contributed by atoms with E-state index in [0.29, 0.717) is 16.4 Å². The molecule has 0 aliphatic heterocycles. The van der Waals surface area contributed by atoms with Gasteiger partial charge in [0.15, 0.2) is 0 Å². The average Bonchev–Trinajstić information content (AvgIpc) is 2.77. The van der Waals surface area contributed by atoms with Gasteiger partial charge in [-0.05, 0) is 36.8 Å². The predicted molar refractivity (Wildman–Crippen MR) is 90.9 cm³/mol. The fourth-order valence-corrected chi connectivity index (χ4v) is 2.63. The van der Waals surface area contributed by atoms with Crippen molar-refractivity contribution >= 4 is 34.5 Å². The van der Waals surface area contributed by atoms with Crippen molar-refractivity contribution in [1.82, 2.24) is 9.38 Å². The molecule has 3 nitrogen and oxygen atoms in total. The number of halogens is 1. The molecule has 106 valence electrons. The average molecular weight is 316 g/mol. The van der Waals surface area contributed by atoms with E-state index in [1.807, 2.05) is 53.9 Å². The lowest BCUT2D eigenvalue weighted by Crippen LogP contribution is -2.13. The van der Waals surface area contributed by atoms with Crippen molar-refractivity contribution < 1.29 is 0 Å². The Kier molecular flexibility index (Phi) is 3.66. The first-order valence-corrected chi connectivity index (χ1v) is 7.35. The zero-order chi connectivity index (χ0) is 15.0. The number of imidazole rings is 1. The van der Waals surface area contributed by atoms with E-state index in [9.17, 15) is 0 Å². The molecule has 2 heterocycles. The predicted octanol–water partition coefficient (Wildman–Crippen LogP) is 3.79. The van der Waals surface area contributed by atoms with Gasteiger partial charge in [0, 0.05) is 23.2 Å². The zero-order valence-corrected chi connectivity index (χ0v) is 13.1. The van der Waals surface area contributed by atoms with Crippen molar-refractivity contribution in [3.05, 3.63) is 58.9 Å². The molecule has 0 aliphatic carbocycles. The highest BCUT2D eigenvalue weighted by molar-refractivity contribution is 7.80. The van der Waals surface area contributed by atoms with Crippen LogP contribution in [0.15, 0.2) is 42.6 Å². The van der Waals surface area contributed by atoms with Gasteiger partial charge in [-0.2, -0.15) is 0 Å². The summed E-state index contributed by atoms with van der Waals surface area (Å²) in [6, 6.07) is 11.7. The Morgan fingerprint density at radius 3 is 2.67 bits per heavy atom. The van der Waals surface area contributed by atoms with Gasteiger partial charge in [-0.3, -0.25) is 0 Å². The third-order valence-electron chi connectivity index (χ3n) is 3.34. The van der Waals surface area contributed by atoms with Crippen molar-refractivity contribution in [2.24, 2.45) is 5.73 Å². The number of hydrogen-bond acceptors (Lipinski definition) is 2. The standard InChI is InChI=1S/C16H14ClN3S/c1-10-6-7-20-13(9-14(18)21)16(19-15(20)8-10)11-2-4-12(17)5-3-11/h2-8H,9H2,1H3,(H2,18,21). The fraction of sp³-hybridized carbons (Fsp3) is 0.125. The monoisotopic (exact) mass is 315 g/mol. The molecule has 0 saturated carbocycles. The maximum Gasteiger partial charge on any atom is 0.137 e. The quantitative estimate of drug-likeness (QED) is 0.748. The van der Waals surface area contributed by atoms with Crippen molar-refractivity contribution in [2.45, 2.75) is 13.3 Å². The maximum absolute atomic E-state index is 5.96. The molecule has 0 unspecified atom stereocenters. The molecule has 0 fully saturated rings. The van der Waals surface area contributed by atoms with E-state index >= 15 is 0 Å². The van der Waals surface area contributed by atoms with Crippen LogP contribution < -0.4 is 5.73 Å². The molecule has 5 heteroatoms. The summed E-state index contributed by atoms with van der Waals surface area (Å²) in [5.41, 5.74) is 10.7. The van der Waals surface area contributed by atoms with Crippen LogP contribution in [0.1, 0.15) is 11.3 Å². The summed E-state index contributed by atoms with van der Waals surface area (Å²) in [5, 5.41) is 0.703. The van der Waals surface area contributed by atoms with E-state index in [2.05, 4.69) is 0 Å². The molecule has 1 aromatic carbocycles. The summed E-state index contributed by atoms with van der Waals surface area (Å²) in [5.74, 6) is 0. The lowest BCUT2D eigenvalue weighted by molar-refractivity contribution is 1.07. The number of thiocarbonyl (C=S) groups is 1. The Morgan fingerprint density at radius 2 is 2.00 bits per heavy atom. The van der Waals surface area contributed by atoms with Gasteiger partial charge in [0.25, 0.3) is 0 Å². The summed E-state index contributed by atoms with van der Waals surface area (Å²) in [4.78, 5) is 5.18. The van der Waals surface area contributed by atoms with Crippen molar-refractivity contribution in [3.63, 3.8) is 0 Å². The number of aryl methyl sites for hydroxylation is 1. The van der Waals surface area contributed by atoms with Crippen molar-refractivity contribution in [3.8, 4) is 11.3 Å². The zero-order valence-electron chi connectivity index (χ0n) is 11.5. The maximum atomic E-state index is 5.96. The number of aromatic nitrogens is 2. The number of benzene rings is 1. The van der Waals surface area contributed by atoms with E-state index in [0.717, 1.165) is 28.2 Å². The van der Waals surface area contributed by atoms with Gasteiger partial charge in [0.05, 0.1) is 16.4 Å². The number of nitrogens with zero attached hydrogens (tertiary/aromatic N) is 2. The highest BCUT2D eigenvalue weighted by Gasteiger charge is 2.14. The number of rotatable bonds is 3. The van der Waals surface area contributed by atoms with Gasteiger partial charge < -0.3 is 10.1 Å². The molecule has 3 aromatic rings. The molecular formula is C16H14ClN3S. The van der Waals surface area contributed by atoms with Crippen LogP contribution in [0.5, 0.6) is 0 Å². The van der Waals surface area contributed by atoms with Gasteiger partial charge in [0.2, 0.25) is 0 Å². The van der Waals surface area contributed by atoms with Crippen LogP contribution in [0.4, 0.5) is 0 Å². The molecule has 2 N–H and O–H groups in total. The summed E-state index contributed by atoms with van der Waals surface area (Å²) in [6.45, 7) is 2.05. The minimum Gasteiger partial charge on any atom is -0.393 e. The largest absolute Gasteiger partial charge is 0.393 e. The van der Waals surface area contributed by atoms with E-state index in [1.54, 1.807) is 0 Å². The third kappa shape index (κ3) is 2.77. The van der Waals surface area contributed by atoms with E-state index in [-0.39, 0.29) is 0 Å². The molecule has 0 aliphatic rings.